The van der Waals surface area contributed by atoms with Crippen LogP contribution in [0.5, 0.6) is 0 Å². The van der Waals surface area contributed by atoms with Gasteiger partial charge in [0.25, 0.3) is 0 Å². The van der Waals surface area contributed by atoms with Crippen molar-refractivity contribution in [1.82, 2.24) is 14.8 Å². The van der Waals surface area contributed by atoms with E-state index in [9.17, 15) is 4.79 Å². The summed E-state index contributed by atoms with van der Waals surface area (Å²) in [5.41, 5.74) is 2.21. The molecule has 2 heterocycles. The van der Waals surface area contributed by atoms with Gasteiger partial charge in [-0.2, -0.15) is 10.1 Å². The van der Waals surface area contributed by atoms with Crippen LogP contribution in [0.4, 0.5) is 5.95 Å². The lowest BCUT2D eigenvalue weighted by molar-refractivity contribution is -0.119. The maximum absolute atomic E-state index is 13.0. The Hall–Kier alpha value is -2.66. The molecule has 0 spiro atoms. The fourth-order valence-electron chi connectivity index (χ4n) is 3.73. The highest BCUT2D eigenvalue weighted by atomic mass is 35.5. The average Bonchev–Trinajstić information content (AvgIpc) is 3.18. The Balaban J connectivity index is 1.82. The van der Waals surface area contributed by atoms with Crippen molar-refractivity contribution < 1.29 is 4.79 Å². The Morgan fingerprint density at radius 1 is 1.07 bits per heavy atom. The molecule has 2 atom stereocenters. The second-order valence-electron chi connectivity index (χ2n) is 6.75. The number of fused-ring (bicyclic) bond motifs is 1. The number of rotatable bonds is 4. The molecule has 138 valence electrons. The van der Waals surface area contributed by atoms with Gasteiger partial charge < -0.3 is 0 Å². The van der Waals surface area contributed by atoms with E-state index < -0.39 is 0 Å². The van der Waals surface area contributed by atoms with Crippen molar-refractivity contribution in [2.24, 2.45) is 0 Å². The van der Waals surface area contributed by atoms with E-state index in [1.807, 2.05) is 54.1 Å². The lowest BCUT2D eigenvalue weighted by Crippen LogP contribution is -2.42. The number of carbonyl (C=O) groups excluding carboxylic acids is 1. The summed E-state index contributed by atoms with van der Waals surface area (Å²) in [6.45, 7) is 2.01. The topological polar surface area (TPSA) is 51.0 Å². The smallest absolute Gasteiger partial charge is 0.231 e. The lowest BCUT2D eigenvalue weighted by Gasteiger charge is -2.39. The number of anilines is 1. The molecule has 1 aliphatic rings. The van der Waals surface area contributed by atoms with Gasteiger partial charge in [-0.1, -0.05) is 61.0 Å². The number of carbonyl (C=O) groups is 1. The molecule has 2 aromatic carbocycles. The van der Waals surface area contributed by atoms with E-state index in [2.05, 4.69) is 22.2 Å². The summed E-state index contributed by atoms with van der Waals surface area (Å²) in [5, 5.41) is 5.12. The van der Waals surface area contributed by atoms with Gasteiger partial charge in [-0.15, -0.1) is 0 Å². The summed E-state index contributed by atoms with van der Waals surface area (Å²) in [6.07, 6.45) is 3.53. The fourth-order valence-corrected chi connectivity index (χ4v) is 3.86. The van der Waals surface area contributed by atoms with Crippen molar-refractivity contribution >= 4 is 23.5 Å². The van der Waals surface area contributed by atoms with Crippen LogP contribution in [0.25, 0.3) is 0 Å². The predicted octanol–water partition coefficient (Wildman–Crippen LogP) is 4.80. The van der Waals surface area contributed by atoms with Gasteiger partial charge >= 0.3 is 0 Å². The molecule has 1 amide bonds. The molecule has 0 radical (unpaired) electrons. The van der Waals surface area contributed by atoms with Crippen LogP contribution < -0.4 is 4.90 Å². The maximum Gasteiger partial charge on any atom is 0.231 e. The Labute approximate surface area is 163 Å². The molecular weight excluding hydrogens is 360 g/mol. The minimum atomic E-state index is -0.108. The monoisotopic (exact) mass is 380 g/mol. The van der Waals surface area contributed by atoms with Crippen molar-refractivity contribution in [3.8, 4) is 0 Å². The molecule has 0 N–H and O–H groups in total. The SMILES string of the molecule is CCCC(=O)N1c2ncnn2[C@H](c2ccccc2)C[C@H]1c1ccc(Cl)cc1. The quantitative estimate of drug-likeness (QED) is 0.653. The Morgan fingerprint density at radius 2 is 1.78 bits per heavy atom. The first-order valence-corrected chi connectivity index (χ1v) is 9.58. The van der Waals surface area contributed by atoms with Crippen LogP contribution in [0, 0.1) is 0 Å². The largest absolute Gasteiger partial charge is 0.274 e. The van der Waals surface area contributed by atoms with Crippen LogP contribution in [0.15, 0.2) is 60.9 Å². The molecule has 5 nitrogen and oxygen atoms in total. The Bertz CT molecular complexity index is 923. The van der Waals surface area contributed by atoms with E-state index in [0.717, 1.165) is 24.0 Å². The van der Waals surface area contributed by atoms with Gasteiger partial charge in [-0.25, -0.2) is 4.68 Å². The first-order valence-electron chi connectivity index (χ1n) is 9.21. The third-order valence-electron chi connectivity index (χ3n) is 4.99. The van der Waals surface area contributed by atoms with Gasteiger partial charge in [0.05, 0.1) is 12.1 Å². The van der Waals surface area contributed by atoms with Crippen molar-refractivity contribution in [3.05, 3.63) is 77.1 Å². The molecule has 27 heavy (non-hydrogen) atoms. The van der Waals surface area contributed by atoms with Gasteiger partial charge in [-0.3, -0.25) is 9.69 Å². The van der Waals surface area contributed by atoms with Gasteiger partial charge in [0.2, 0.25) is 11.9 Å². The number of nitrogens with zero attached hydrogens (tertiary/aromatic N) is 4. The van der Waals surface area contributed by atoms with Crippen molar-refractivity contribution in [3.63, 3.8) is 0 Å². The number of hydrogen-bond donors (Lipinski definition) is 0. The Kier molecular flexibility index (Phi) is 4.94. The summed E-state index contributed by atoms with van der Waals surface area (Å²) in [5.74, 6) is 0.673. The average molecular weight is 381 g/mol. The summed E-state index contributed by atoms with van der Waals surface area (Å²) >= 11 is 6.08. The van der Waals surface area contributed by atoms with E-state index in [0.29, 0.717) is 17.4 Å². The number of hydrogen-bond acceptors (Lipinski definition) is 3. The third kappa shape index (κ3) is 3.35. The van der Waals surface area contributed by atoms with Crippen LogP contribution in [-0.2, 0) is 4.79 Å². The van der Waals surface area contributed by atoms with Crippen LogP contribution >= 0.6 is 11.6 Å². The van der Waals surface area contributed by atoms with E-state index in [4.69, 9.17) is 11.6 Å². The maximum atomic E-state index is 13.0. The lowest BCUT2D eigenvalue weighted by atomic mass is 9.91. The van der Waals surface area contributed by atoms with Crippen LogP contribution in [0.2, 0.25) is 5.02 Å². The van der Waals surface area contributed by atoms with Crippen LogP contribution in [-0.4, -0.2) is 20.7 Å². The third-order valence-corrected chi connectivity index (χ3v) is 5.25. The minimum Gasteiger partial charge on any atom is -0.274 e. The van der Waals surface area contributed by atoms with Gasteiger partial charge in [0.1, 0.15) is 6.33 Å². The number of amides is 1. The highest BCUT2D eigenvalue weighted by Crippen LogP contribution is 2.42. The molecule has 6 heteroatoms. The summed E-state index contributed by atoms with van der Waals surface area (Å²) < 4.78 is 1.87. The Morgan fingerprint density at radius 3 is 2.48 bits per heavy atom. The molecule has 0 saturated carbocycles. The highest BCUT2D eigenvalue weighted by Gasteiger charge is 2.38. The molecule has 0 aliphatic carbocycles. The van der Waals surface area contributed by atoms with Crippen molar-refractivity contribution in [2.45, 2.75) is 38.3 Å². The standard InChI is InChI=1S/C21H21ClN4O/c1-2-6-20(27)25-18(16-9-11-17(22)12-10-16)13-19(15-7-4-3-5-8-15)26-21(25)23-14-24-26/h3-5,7-12,14,18-19H,2,6,13H2,1H3/t18-,19-/m0/s1. The summed E-state index contributed by atoms with van der Waals surface area (Å²) in [7, 11) is 0. The zero-order chi connectivity index (χ0) is 18.8. The molecule has 1 aromatic heterocycles. The molecule has 4 rings (SSSR count). The molecular formula is C21H21ClN4O. The number of halogens is 1. The van der Waals surface area contributed by atoms with E-state index >= 15 is 0 Å². The molecule has 0 bridgehead atoms. The van der Waals surface area contributed by atoms with Crippen LogP contribution in [0.1, 0.15) is 49.4 Å². The van der Waals surface area contributed by atoms with Gasteiger partial charge in [0, 0.05) is 11.4 Å². The number of aromatic nitrogens is 3. The molecule has 0 unspecified atom stereocenters. The fraction of sp³-hybridized carbons (Fsp3) is 0.286. The van der Waals surface area contributed by atoms with Crippen molar-refractivity contribution in [1.29, 1.82) is 0 Å². The van der Waals surface area contributed by atoms with E-state index in [1.54, 1.807) is 4.90 Å². The van der Waals surface area contributed by atoms with Crippen molar-refractivity contribution in [2.75, 3.05) is 4.90 Å². The first kappa shape index (κ1) is 17.7. The predicted molar refractivity (Wildman–Crippen MR) is 106 cm³/mol. The summed E-state index contributed by atoms with van der Waals surface area (Å²) in [4.78, 5) is 19.2. The number of benzene rings is 2. The summed E-state index contributed by atoms with van der Waals surface area (Å²) in [6, 6.07) is 17.9. The highest BCUT2D eigenvalue weighted by molar-refractivity contribution is 6.30. The normalized spacial score (nSPS) is 19.0. The first-order chi connectivity index (χ1) is 13.2. The molecule has 1 aliphatic heterocycles. The second-order valence-corrected chi connectivity index (χ2v) is 7.18. The van der Waals surface area contributed by atoms with E-state index in [-0.39, 0.29) is 18.0 Å². The van der Waals surface area contributed by atoms with Gasteiger partial charge in [-0.05, 0) is 36.1 Å². The zero-order valence-corrected chi connectivity index (χ0v) is 15.9. The molecule has 3 aromatic rings. The molecule has 0 saturated heterocycles. The minimum absolute atomic E-state index is 0.0232. The van der Waals surface area contributed by atoms with Gasteiger partial charge in [0.15, 0.2) is 0 Å². The molecule has 0 fully saturated rings. The zero-order valence-electron chi connectivity index (χ0n) is 15.1. The van der Waals surface area contributed by atoms with Crippen LogP contribution in [0.3, 0.4) is 0 Å². The second kappa shape index (κ2) is 7.53. The van der Waals surface area contributed by atoms with E-state index in [1.165, 1.54) is 6.33 Å².